The second-order valence-electron chi connectivity index (χ2n) is 4.47. The first-order chi connectivity index (χ1) is 8.22. The second kappa shape index (κ2) is 5.27. The molecule has 0 unspecified atom stereocenters. The fraction of sp³-hybridized carbons (Fsp3) is 0.462. The Bertz CT molecular complexity index is 400. The number of benzene rings is 1. The first-order valence-corrected chi connectivity index (χ1v) is 5.84. The van der Waals surface area contributed by atoms with Gasteiger partial charge in [0.15, 0.2) is 0 Å². The van der Waals surface area contributed by atoms with E-state index in [4.69, 9.17) is 5.11 Å². The summed E-state index contributed by atoms with van der Waals surface area (Å²) in [4.78, 5) is 12.7. The summed E-state index contributed by atoms with van der Waals surface area (Å²) in [5, 5.41) is 9.05. The van der Waals surface area contributed by atoms with E-state index in [0.717, 1.165) is 31.6 Å². The molecule has 0 bridgehead atoms. The average Bonchev–Trinajstić information content (AvgIpc) is 2.38. The number of nitrogens with zero attached hydrogens (tertiary/aromatic N) is 1. The molecule has 2 rings (SSSR count). The van der Waals surface area contributed by atoms with Crippen molar-refractivity contribution in [2.24, 2.45) is 5.92 Å². The number of rotatable bonds is 3. The third-order valence-corrected chi connectivity index (χ3v) is 3.28. The summed E-state index contributed by atoms with van der Waals surface area (Å²) in [6.45, 7) is 1.82. The molecule has 92 valence electrons. The van der Waals surface area contributed by atoms with Crippen LogP contribution >= 0.6 is 0 Å². The maximum atomic E-state index is 13.3. The van der Waals surface area contributed by atoms with Crippen LogP contribution in [0, 0.1) is 11.7 Å². The minimum Gasteiger partial charge on any atom is -0.396 e. The Labute approximate surface area is 99.9 Å². The molecule has 1 heterocycles. The summed E-state index contributed by atoms with van der Waals surface area (Å²) in [7, 11) is 0. The van der Waals surface area contributed by atoms with Gasteiger partial charge in [0, 0.05) is 30.9 Å². The van der Waals surface area contributed by atoms with Gasteiger partial charge in [-0.05, 0) is 37.0 Å². The summed E-state index contributed by atoms with van der Waals surface area (Å²) in [5.74, 6) is -0.0285. The lowest BCUT2D eigenvalue weighted by Gasteiger charge is -2.33. The van der Waals surface area contributed by atoms with Crippen LogP contribution < -0.4 is 4.90 Å². The van der Waals surface area contributed by atoms with Crippen LogP contribution in [0.3, 0.4) is 0 Å². The highest BCUT2D eigenvalue weighted by atomic mass is 19.1. The van der Waals surface area contributed by atoms with Gasteiger partial charge in [0.2, 0.25) is 0 Å². The normalized spacial score (nSPS) is 17.2. The fourth-order valence-corrected chi connectivity index (χ4v) is 2.22. The second-order valence-corrected chi connectivity index (χ2v) is 4.47. The number of carbonyl (C=O) groups excluding carboxylic acids is 1. The zero-order valence-electron chi connectivity index (χ0n) is 9.60. The van der Waals surface area contributed by atoms with E-state index in [9.17, 15) is 9.18 Å². The molecule has 1 fully saturated rings. The number of aliphatic hydroxyl groups is 1. The van der Waals surface area contributed by atoms with Crippen molar-refractivity contribution >= 4 is 12.0 Å². The van der Waals surface area contributed by atoms with E-state index in [0.29, 0.717) is 17.8 Å². The van der Waals surface area contributed by atoms with Crippen molar-refractivity contribution in [1.29, 1.82) is 0 Å². The number of halogens is 1. The molecule has 0 amide bonds. The van der Waals surface area contributed by atoms with Crippen molar-refractivity contribution in [2.45, 2.75) is 12.8 Å². The predicted octanol–water partition coefficient (Wildman–Crippen LogP) is 1.85. The van der Waals surface area contributed by atoms with Gasteiger partial charge >= 0.3 is 0 Å². The third kappa shape index (κ3) is 2.82. The van der Waals surface area contributed by atoms with Crippen LogP contribution in [0.25, 0.3) is 0 Å². The van der Waals surface area contributed by atoms with Crippen LogP contribution in [-0.2, 0) is 0 Å². The van der Waals surface area contributed by atoms with Crippen LogP contribution in [0.5, 0.6) is 0 Å². The Kier molecular flexibility index (Phi) is 3.74. The SMILES string of the molecule is O=Cc1cc(F)cc(N2CCC(CO)CC2)c1. The van der Waals surface area contributed by atoms with E-state index < -0.39 is 0 Å². The molecule has 0 aliphatic carbocycles. The quantitative estimate of drug-likeness (QED) is 0.816. The number of hydrogen-bond acceptors (Lipinski definition) is 3. The van der Waals surface area contributed by atoms with Crippen molar-refractivity contribution in [2.75, 3.05) is 24.6 Å². The Morgan fingerprint density at radius 1 is 1.35 bits per heavy atom. The van der Waals surface area contributed by atoms with Gasteiger partial charge in [-0.15, -0.1) is 0 Å². The van der Waals surface area contributed by atoms with E-state index in [1.807, 2.05) is 0 Å². The van der Waals surface area contributed by atoms with Gasteiger partial charge < -0.3 is 10.0 Å². The molecule has 1 saturated heterocycles. The number of carbonyl (C=O) groups is 1. The van der Waals surface area contributed by atoms with Crippen molar-refractivity contribution in [1.82, 2.24) is 0 Å². The fourth-order valence-electron chi connectivity index (χ4n) is 2.22. The highest BCUT2D eigenvalue weighted by Gasteiger charge is 2.19. The zero-order valence-corrected chi connectivity index (χ0v) is 9.60. The molecule has 0 spiro atoms. The zero-order chi connectivity index (χ0) is 12.3. The van der Waals surface area contributed by atoms with Gasteiger partial charge in [0.1, 0.15) is 12.1 Å². The molecule has 0 radical (unpaired) electrons. The molecular formula is C13H16FNO2. The van der Waals surface area contributed by atoms with Gasteiger partial charge in [0.05, 0.1) is 0 Å². The third-order valence-electron chi connectivity index (χ3n) is 3.28. The molecule has 1 N–H and O–H groups in total. The van der Waals surface area contributed by atoms with Crippen molar-refractivity contribution < 1.29 is 14.3 Å². The molecule has 4 heteroatoms. The highest BCUT2D eigenvalue weighted by Crippen LogP contribution is 2.24. The highest BCUT2D eigenvalue weighted by molar-refractivity contribution is 5.77. The summed E-state index contributed by atoms with van der Waals surface area (Å²) in [6.07, 6.45) is 2.47. The first-order valence-electron chi connectivity index (χ1n) is 5.84. The van der Waals surface area contributed by atoms with Crippen LogP contribution in [0.2, 0.25) is 0 Å². The Hall–Kier alpha value is -1.42. The number of aliphatic hydroxyl groups excluding tert-OH is 1. The van der Waals surface area contributed by atoms with Crippen molar-refractivity contribution in [3.8, 4) is 0 Å². The Morgan fingerprint density at radius 2 is 2.06 bits per heavy atom. The van der Waals surface area contributed by atoms with E-state index in [2.05, 4.69) is 4.90 Å². The lowest BCUT2D eigenvalue weighted by molar-refractivity contribution is 0.112. The molecule has 1 aliphatic heterocycles. The molecule has 3 nitrogen and oxygen atoms in total. The number of piperidine rings is 1. The lowest BCUT2D eigenvalue weighted by atomic mass is 9.97. The van der Waals surface area contributed by atoms with Gasteiger partial charge in [0.25, 0.3) is 0 Å². The molecule has 0 saturated carbocycles. The molecule has 1 aromatic carbocycles. The predicted molar refractivity (Wildman–Crippen MR) is 63.8 cm³/mol. The molecule has 1 aliphatic rings. The van der Waals surface area contributed by atoms with Gasteiger partial charge in [-0.3, -0.25) is 4.79 Å². The van der Waals surface area contributed by atoms with E-state index >= 15 is 0 Å². The largest absolute Gasteiger partial charge is 0.396 e. The maximum absolute atomic E-state index is 13.3. The average molecular weight is 237 g/mol. The van der Waals surface area contributed by atoms with E-state index in [1.54, 1.807) is 6.07 Å². The molecular weight excluding hydrogens is 221 g/mol. The monoisotopic (exact) mass is 237 g/mol. The maximum Gasteiger partial charge on any atom is 0.150 e. The first kappa shape index (κ1) is 12.0. The van der Waals surface area contributed by atoms with Crippen LogP contribution in [0.1, 0.15) is 23.2 Å². The van der Waals surface area contributed by atoms with E-state index in [-0.39, 0.29) is 12.4 Å². The minimum atomic E-state index is -0.381. The van der Waals surface area contributed by atoms with E-state index in [1.165, 1.54) is 12.1 Å². The number of anilines is 1. The van der Waals surface area contributed by atoms with Crippen LogP contribution in [-0.4, -0.2) is 31.1 Å². The Balaban J connectivity index is 2.12. The summed E-state index contributed by atoms with van der Waals surface area (Å²) in [6, 6.07) is 4.39. The number of aldehydes is 1. The lowest BCUT2D eigenvalue weighted by Crippen LogP contribution is -2.34. The molecule has 1 aromatic rings. The van der Waals surface area contributed by atoms with Crippen LogP contribution in [0.4, 0.5) is 10.1 Å². The molecule has 17 heavy (non-hydrogen) atoms. The van der Waals surface area contributed by atoms with Gasteiger partial charge in [-0.2, -0.15) is 0 Å². The molecule has 0 aromatic heterocycles. The topological polar surface area (TPSA) is 40.5 Å². The standard InChI is InChI=1S/C13H16FNO2/c14-12-5-11(9-17)6-13(7-12)15-3-1-10(8-16)2-4-15/h5-7,9-10,16H,1-4,8H2. The van der Waals surface area contributed by atoms with Gasteiger partial charge in [-0.25, -0.2) is 4.39 Å². The van der Waals surface area contributed by atoms with Crippen molar-refractivity contribution in [3.05, 3.63) is 29.6 Å². The van der Waals surface area contributed by atoms with Crippen LogP contribution in [0.15, 0.2) is 18.2 Å². The minimum absolute atomic E-state index is 0.219. The van der Waals surface area contributed by atoms with Crippen molar-refractivity contribution in [3.63, 3.8) is 0 Å². The molecule has 0 atom stereocenters. The number of hydrogen-bond donors (Lipinski definition) is 1. The summed E-state index contributed by atoms with van der Waals surface area (Å²) < 4.78 is 13.3. The smallest absolute Gasteiger partial charge is 0.150 e. The van der Waals surface area contributed by atoms with Gasteiger partial charge in [-0.1, -0.05) is 0 Å². The summed E-state index contributed by atoms with van der Waals surface area (Å²) in [5.41, 5.74) is 1.12. The Morgan fingerprint density at radius 3 is 2.65 bits per heavy atom. The summed E-state index contributed by atoms with van der Waals surface area (Å²) >= 11 is 0.